The first-order valence-electron chi connectivity index (χ1n) is 6.01. The summed E-state index contributed by atoms with van der Waals surface area (Å²) in [6, 6.07) is 9.37. The zero-order chi connectivity index (χ0) is 14.0. The highest BCUT2D eigenvalue weighted by Crippen LogP contribution is 2.26. The van der Waals surface area contributed by atoms with E-state index in [1.165, 1.54) is 12.1 Å². The van der Waals surface area contributed by atoms with Gasteiger partial charge in [0.1, 0.15) is 0 Å². The first-order chi connectivity index (χ1) is 9.02. The fourth-order valence-corrected chi connectivity index (χ4v) is 2.21. The number of hydrogen-bond donors (Lipinski definition) is 2. The molecule has 0 fully saturated rings. The molecule has 19 heavy (non-hydrogen) atoms. The van der Waals surface area contributed by atoms with Gasteiger partial charge in [-0.3, -0.25) is 5.84 Å². The fraction of sp³-hybridized carbons (Fsp3) is 0.200. The standard InChI is InChI=1S/C15H16F2N2/c1-9-3-5-12(10(2)7-9)15(19-18)11-4-6-13(16)14(17)8-11/h3-8,15,19H,18H2,1-2H3. The van der Waals surface area contributed by atoms with Crippen molar-refractivity contribution in [3.05, 3.63) is 70.3 Å². The summed E-state index contributed by atoms with van der Waals surface area (Å²) in [5, 5.41) is 0. The van der Waals surface area contributed by atoms with Crippen LogP contribution in [-0.4, -0.2) is 0 Å². The molecule has 0 aliphatic carbocycles. The summed E-state index contributed by atoms with van der Waals surface area (Å²) in [6.45, 7) is 3.96. The highest BCUT2D eigenvalue weighted by molar-refractivity contribution is 5.39. The highest BCUT2D eigenvalue weighted by Gasteiger charge is 2.16. The van der Waals surface area contributed by atoms with Crippen LogP contribution >= 0.6 is 0 Å². The van der Waals surface area contributed by atoms with Crippen LogP contribution in [0.5, 0.6) is 0 Å². The van der Waals surface area contributed by atoms with Crippen LogP contribution in [0.15, 0.2) is 36.4 Å². The van der Waals surface area contributed by atoms with Crippen LogP contribution in [-0.2, 0) is 0 Å². The minimum absolute atomic E-state index is 0.365. The minimum Gasteiger partial charge on any atom is -0.271 e. The number of hydrogen-bond acceptors (Lipinski definition) is 2. The van der Waals surface area contributed by atoms with Crippen molar-refractivity contribution in [3.8, 4) is 0 Å². The molecule has 4 heteroatoms. The SMILES string of the molecule is Cc1ccc(C(NN)c2ccc(F)c(F)c2)c(C)c1. The Kier molecular flexibility index (Phi) is 3.93. The summed E-state index contributed by atoms with van der Waals surface area (Å²) in [4.78, 5) is 0. The van der Waals surface area contributed by atoms with E-state index in [0.717, 1.165) is 22.8 Å². The zero-order valence-electron chi connectivity index (χ0n) is 10.9. The Morgan fingerprint density at radius 2 is 1.74 bits per heavy atom. The van der Waals surface area contributed by atoms with Crippen LogP contribution in [0.2, 0.25) is 0 Å². The Hall–Kier alpha value is -1.78. The third kappa shape index (κ3) is 2.80. The molecule has 0 aliphatic heterocycles. The van der Waals surface area contributed by atoms with Gasteiger partial charge in [-0.1, -0.05) is 29.8 Å². The molecule has 0 saturated carbocycles. The van der Waals surface area contributed by atoms with E-state index >= 15 is 0 Å². The van der Waals surface area contributed by atoms with Gasteiger partial charge in [-0.05, 0) is 42.7 Å². The minimum atomic E-state index is -0.873. The van der Waals surface area contributed by atoms with Crippen LogP contribution in [0.25, 0.3) is 0 Å². The van der Waals surface area contributed by atoms with Crippen molar-refractivity contribution in [1.82, 2.24) is 5.43 Å². The summed E-state index contributed by atoms with van der Waals surface area (Å²) < 4.78 is 26.3. The smallest absolute Gasteiger partial charge is 0.159 e. The molecule has 100 valence electrons. The lowest BCUT2D eigenvalue weighted by atomic mass is 9.94. The molecule has 0 aliphatic rings. The van der Waals surface area contributed by atoms with E-state index in [4.69, 9.17) is 5.84 Å². The molecule has 0 spiro atoms. The molecule has 2 aromatic carbocycles. The Morgan fingerprint density at radius 3 is 2.32 bits per heavy atom. The molecule has 0 aromatic heterocycles. The quantitative estimate of drug-likeness (QED) is 0.658. The summed E-state index contributed by atoms with van der Waals surface area (Å²) >= 11 is 0. The summed E-state index contributed by atoms with van der Waals surface area (Å²) in [5.41, 5.74) is 6.38. The molecule has 0 heterocycles. The average molecular weight is 262 g/mol. The van der Waals surface area contributed by atoms with Crippen molar-refractivity contribution < 1.29 is 8.78 Å². The van der Waals surface area contributed by atoms with Crippen LogP contribution < -0.4 is 11.3 Å². The number of aryl methyl sites for hydroxylation is 2. The number of halogens is 2. The van der Waals surface area contributed by atoms with E-state index in [-0.39, 0.29) is 6.04 Å². The van der Waals surface area contributed by atoms with Gasteiger partial charge in [0.25, 0.3) is 0 Å². The van der Waals surface area contributed by atoms with Crippen molar-refractivity contribution in [3.63, 3.8) is 0 Å². The second-order valence-corrected chi connectivity index (χ2v) is 4.63. The van der Waals surface area contributed by atoms with E-state index in [2.05, 4.69) is 5.43 Å². The molecule has 0 radical (unpaired) electrons. The molecule has 2 rings (SSSR count). The Labute approximate surface area is 111 Å². The lowest BCUT2D eigenvalue weighted by molar-refractivity contribution is 0.504. The monoisotopic (exact) mass is 262 g/mol. The summed E-state index contributed by atoms with van der Waals surface area (Å²) in [6.07, 6.45) is 0. The average Bonchev–Trinajstić information content (AvgIpc) is 2.37. The van der Waals surface area contributed by atoms with Gasteiger partial charge in [-0.25, -0.2) is 14.2 Å². The predicted molar refractivity (Wildman–Crippen MR) is 71.4 cm³/mol. The molecule has 0 bridgehead atoms. The molecule has 3 N–H and O–H groups in total. The number of benzene rings is 2. The van der Waals surface area contributed by atoms with Gasteiger partial charge in [0.05, 0.1) is 6.04 Å². The Bertz CT molecular complexity index is 597. The van der Waals surface area contributed by atoms with E-state index in [9.17, 15) is 8.78 Å². The molecule has 1 unspecified atom stereocenters. The van der Waals surface area contributed by atoms with Crippen LogP contribution in [0.1, 0.15) is 28.3 Å². The fourth-order valence-electron chi connectivity index (χ4n) is 2.21. The van der Waals surface area contributed by atoms with Crippen molar-refractivity contribution in [2.75, 3.05) is 0 Å². The lowest BCUT2D eigenvalue weighted by Gasteiger charge is -2.19. The first-order valence-corrected chi connectivity index (χ1v) is 6.01. The van der Waals surface area contributed by atoms with Crippen molar-refractivity contribution in [2.45, 2.75) is 19.9 Å². The molecule has 2 nitrogen and oxygen atoms in total. The molecule has 0 amide bonds. The maximum Gasteiger partial charge on any atom is 0.159 e. The number of hydrazine groups is 1. The van der Waals surface area contributed by atoms with Crippen molar-refractivity contribution in [1.29, 1.82) is 0 Å². The predicted octanol–water partition coefficient (Wildman–Crippen LogP) is 3.13. The third-order valence-corrected chi connectivity index (χ3v) is 3.18. The Balaban J connectivity index is 2.46. The van der Waals surface area contributed by atoms with Gasteiger partial charge in [-0.15, -0.1) is 0 Å². The van der Waals surface area contributed by atoms with Crippen molar-refractivity contribution >= 4 is 0 Å². The van der Waals surface area contributed by atoms with Gasteiger partial charge in [-0.2, -0.15) is 0 Å². The van der Waals surface area contributed by atoms with Crippen LogP contribution in [0.4, 0.5) is 8.78 Å². The maximum absolute atomic E-state index is 13.3. The van der Waals surface area contributed by atoms with Gasteiger partial charge in [0.15, 0.2) is 11.6 Å². The largest absolute Gasteiger partial charge is 0.271 e. The summed E-state index contributed by atoms with van der Waals surface area (Å²) in [7, 11) is 0. The summed E-state index contributed by atoms with van der Waals surface area (Å²) in [5.74, 6) is 3.83. The van der Waals surface area contributed by atoms with Gasteiger partial charge in [0, 0.05) is 0 Å². The van der Waals surface area contributed by atoms with E-state index < -0.39 is 11.6 Å². The van der Waals surface area contributed by atoms with Gasteiger partial charge < -0.3 is 0 Å². The Morgan fingerprint density at radius 1 is 1.00 bits per heavy atom. The van der Waals surface area contributed by atoms with Crippen molar-refractivity contribution in [2.24, 2.45) is 5.84 Å². The molecular formula is C15H16F2N2. The van der Waals surface area contributed by atoms with E-state index in [1.54, 1.807) is 0 Å². The second-order valence-electron chi connectivity index (χ2n) is 4.63. The second kappa shape index (κ2) is 5.47. The number of nitrogens with two attached hydrogens (primary N) is 1. The third-order valence-electron chi connectivity index (χ3n) is 3.18. The van der Waals surface area contributed by atoms with Gasteiger partial charge in [0.2, 0.25) is 0 Å². The number of nitrogens with one attached hydrogen (secondary N) is 1. The topological polar surface area (TPSA) is 38.0 Å². The van der Waals surface area contributed by atoms with E-state index in [1.807, 2.05) is 32.0 Å². The van der Waals surface area contributed by atoms with Crippen LogP contribution in [0, 0.1) is 25.5 Å². The highest BCUT2D eigenvalue weighted by atomic mass is 19.2. The zero-order valence-corrected chi connectivity index (χ0v) is 10.9. The molecule has 2 aromatic rings. The molecular weight excluding hydrogens is 246 g/mol. The number of rotatable bonds is 3. The normalized spacial score (nSPS) is 12.5. The van der Waals surface area contributed by atoms with E-state index in [0.29, 0.717) is 5.56 Å². The molecule has 1 atom stereocenters. The lowest BCUT2D eigenvalue weighted by Crippen LogP contribution is -2.29. The van der Waals surface area contributed by atoms with Gasteiger partial charge >= 0.3 is 0 Å². The molecule has 0 saturated heterocycles. The first kappa shape index (κ1) is 13.6. The maximum atomic E-state index is 13.3. The van der Waals surface area contributed by atoms with Crippen LogP contribution in [0.3, 0.4) is 0 Å².